The molecule has 7 nitrogen and oxygen atoms in total. The fraction of sp³-hybridized carbons (Fsp3) is 0.316. The van der Waals surface area contributed by atoms with Gasteiger partial charge in [0.15, 0.2) is 0 Å². The summed E-state index contributed by atoms with van der Waals surface area (Å²) in [7, 11) is 5.27. The molecule has 3 rings (SSSR count). The van der Waals surface area contributed by atoms with Gasteiger partial charge in [-0.2, -0.15) is 13.2 Å². The SMILES string of the molecule is COCn1cc(-c2cccc(COC(=O)C(F)(F)F)c2)c2c(N(C)C)ncnc21. The molecule has 0 N–H and O–H groups in total. The number of esters is 1. The number of carbonyl (C=O) groups excluding carboxylic acids is 1. The second-order valence-corrected chi connectivity index (χ2v) is 6.49. The molecule has 10 heteroatoms. The molecule has 0 aliphatic carbocycles. The molecular weight excluding hydrogens is 389 g/mol. The van der Waals surface area contributed by atoms with Crippen LogP contribution < -0.4 is 4.90 Å². The Hall–Kier alpha value is -3.14. The van der Waals surface area contributed by atoms with Gasteiger partial charge in [-0.1, -0.05) is 18.2 Å². The van der Waals surface area contributed by atoms with Gasteiger partial charge in [-0.15, -0.1) is 0 Å². The molecule has 0 amide bonds. The molecule has 1 aromatic carbocycles. The minimum Gasteiger partial charge on any atom is -0.454 e. The van der Waals surface area contributed by atoms with E-state index in [1.165, 1.54) is 6.33 Å². The zero-order valence-corrected chi connectivity index (χ0v) is 16.0. The van der Waals surface area contributed by atoms with Crippen LogP contribution in [0.5, 0.6) is 0 Å². The van der Waals surface area contributed by atoms with Crippen LogP contribution in [0.1, 0.15) is 5.56 Å². The van der Waals surface area contributed by atoms with E-state index >= 15 is 0 Å². The highest BCUT2D eigenvalue weighted by atomic mass is 19.4. The Kier molecular flexibility index (Phi) is 5.73. The fourth-order valence-corrected chi connectivity index (χ4v) is 2.96. The van der Waals surface area contributed by atoms with Crippen molar-refractivity contribution in [3.05, 3.63) is 42.4 Å². The largest absolute Gasteiger partial charge is 0.490 e. The van der Waals surface area contributed by atoms with Crippen molar-refractivity contribution in [2.24, 2.45) is 0 Å². The highest BCUT2D eigenvalue weighted by Crippen LogP contribution is 2.35. The van der Waals surface area contributed by atoms with Gasteiger partial charge in [0, 0.05) is 33.0 Å². The van der Waals surface area contributed by atoms with Crippen molar-refractivity contribution in [2.45, 2.75) is 19.5 Å². The number of methoxy groups -OCH3 is 1. The molecule has 3 aromatic rings. The van der Waals surface area contributed by atoms with Crippen LogP contribution in [0.2, 0.25) is 0 Å². The number of ether oxygens (including phenoxy) is 2. The predicted molar refractivity (Wildman–Crippen MR) is 100 cm³/mol. The van der Waals surface area contributed by atoms with Gasteiger partial charge in [-0.05, 0) is 17.2 Å². The lowest BCUT2D eigenvalue weighted by Gasteiger charge is -2.13. The first-order chi connectivity index (χ1) is 13.7. The summed E-state index contributed by atoms with van der Waals surface area (Å²) in [5.74, 6) is -1.53. The van der Waals surface area contributed by atoms with Crippen molar-refractivity contribution in [3.8, 4) is 11.1 Å². The van der Waals surface area contributed by atoms with Gasteiger partial charge in [0.1, 0.15) is 31.1 Å². The van der Waals surface area contributed by atoms with Gasteiger partial charge in [-0.25, -0.2) is 14.8 Å². The Balaban J connectivity index is 2.03. The molecule has 29 heavy (non-hydrogen) atoms. The van der Waals surface area contributed by atoms with E-state index in [1.54, 1.807) is 25.3 Å². The average Bonchev–Trinajstić information content (AvgIpc) is 3.04. The number of carbonyl (C=O) groups is 1. The van der Waals surface area contributed by atoms with Crippen molar-refractivity contribution < 1.29 is 27.4 Å². The van der Waals surface area contributed by atoms with Crippen LogP contribution in [0.15, 0.2) is 36.8 Å². The van der Waals surface area contributed by atoms with Gasteiger partial charge in [0.05, 0.1) is 5.39 Å². The molecule has 0 unspecified atom stereocenters. The minimum absolute atomic E-state index is 0.267. The summed E-state index contributed by atoms with van der Waals surface area (Å²) in [6, 6.07) is 6.75. The lowest BCUT2D eigenvalue weighted by atomic mass is 10.0. The maximum Gasteiger partial charge on any atom is 0.490 e. The number of aromatic nitrogens is 3. The number of rotatable bonds is 6. The third-order valence-corrected chi connectivity index (χ3v) is 4.16. The number of anilines is 1. The smallest absolute Gasteiger partial charge is 0.454 e. The van der Waals surface area contributed by atoms with Crippen molar-refractivity contribution in [2.75, 3.05) is 26.1 Å². The van der Waals surface area contributed by atoms with Crippen LogP contribution in [-0.4, -0.2) is 47.9 Å². The molecule has 0 atom stereocenters. The highest BCUT2D eigenvalue weighted by Gasteiger charge is 2.40. The molecule has 154 valence electrons. The first-order valence-electron chi connectivity index (χ1n) is 8.55. The Bertz CT molecular complexity index is 1030. The number of nitrogens with zero attached hydrogens (tertiary/aromatic N) is 4. The average molecular weight is 408 g/mol. The second-order valence-electron chi connectivity index (χ2n) is 6.49. The molecule has 0 aliphatic rings. The van der Waals surface area contributed by atoms with E-state index < -0.39 is 18.8 Å². The molecule has 2 aromatic heterocycles. The quantitative estimate of drug-likeness (QED) is 0.583. The van der Waals surface area contributed by atoms with E-state index in [0.717, 1.165) is 16.5 Å². The number of fused-ring (bicyclic) bond motifs is 1. The molecule has 0 spiro atoms. The van der Waals surface area contributed by atoms with E-state index in [1.807, 2.05) is 35.8 Å². The van der Waals surface area contributed by atoms with Gasteiger partial charge in [-0.3, -0.25) is 0 Å². The highest BCUT2D eigenvalue weighted by molar-refractivity contribution is 6.01. The summed E-state index contributed by atoms with van der Waals surface area (Å²) < 4.78 is 48.5. The second kappa shape index (κ2) is 8.08. The normalized spacial score (nSPS) is 11.7. The Morgan fingerprint density at radius 2 is 2.00 bits per heavy atom. The monoisotopic (exact) mass is 408 g/mol. The molecule has 2 heterocycles. The molecular formula is C19H19F3N4O3. The van der Waals surface area contributed by atoms with E-state index in [4.69, 9.17) is 4.74 Å². The number of benzene rings is 1. The van der Waals surface area contributed by atoms with Gasteiger partial charge in [0.25, 0.3) is 0 Å². The Labute approximate surface area is 164 Å². The van der Waals surface area contributed by atoms with Gasteiger partial charge in [0.2, 0.25) is 0 Å². The summed E-state index contributed by atoms with van der Waals surface area (Å²) in [6.45, 7) is -0.219. The standard InChI is InChI=1S/C19H19F3N4O3/c1-25(2)16-15-14(8-26(11-28-3)17(15)24-10-23-16)13-6-4-5-12(7-13)9-29-18(27)19(20,21)22/h4-8,10H,9,11H2,1-3H3. The predicted octanol–water partition coefficient (Wildman–Crippen LogP) is 3.37. The summed E-state index contributed by atoms with van der Waals surface area (Å²) in [6.07, 6.45) is -1.72. The van der Waals surface area contributed by atoms with Crippen molar-refractivity contribution >= 4 is 22.8 Å². The van der Waals surface area contributed by atoms with Crippen molar-refractivity contribution in [3.63, 3.8) is 0 Å². The zero-order valence-electron chi connectivity index (χ0n) is 16.0. The lowest BCUT2D eigenvalue weighted by Crippen LogP contribution is -2.25. The molecule has 0 bridgehead atoms. The maximum atomic E-state index is 12.4. The number of hydrogen-bond acceptors (Lipinski definition) is 6. The van der Waals surface area contributed by atoms with Crippen molar-refractivity contribution in [1.82, 2.24) is 14.5 Å². The Morgan fingerprint density at radius 1 is 1.24 bits per heavy atom. The van der Waals surface area contributed by atoms with Crippen molar-refractivity contribution in [1.29, 1.82) is 0 Å². The molecule has 0 aliphatic heterocycles. The van der Waals surface area contributed by atoms with Crippen LogP contribution >= 0.6 is 0 Å². The molecule has 0 saturated heterocycles. The number of hydrogen-bond donors (Lipinski definition) is 0. The number of alkyl halides is 3. The summed E-state index contributed by atoms with van der Waals surface area (Å²) in [4.78, 5) is 21.5. The molecule has 0 fully saturated rings. The third kappa shape index (κ3) is 4.32. The van der Waals surface area contributed by atoms with Gasteiger partial charge < -0.3 is 18.9 Å². The maximum absolute atomic E-state index is 12.4. The summed E-state index contributed by atoms with van der Waals surface area (Å²) >= 11 is 0. The lowest BCUT2D eigenvalue weighted by molar-refractivity contribution is -0.201. The summed E-state index contributed by atoms with van der Waals surface area (Å²) in [5, 5.41) is 0.777. The van der Waals surface area contributed by atoms with Crippen LogP contribution in [0.4, 0.5) is 19.0 Å². The first-order valence-corrected chi connectivity index (χ1v) is 8.55. The molecule has 0 saturated carbocycles. The van der Waals surface area contributed by atoms with Crippen LogP contribution in [0.25, 0.3) is 22.2 Å². The topological polar surface area (TPSA) is 69.5 Å². The third-order valence-electron chi connectivity index (χ3n) is 4.16. The Morgan fingerprint density at radius 3 is 2.66 bits per heavy atom. The summed E-state index contributed by atoms with van der Waals surface area (Å²) in [5.41, 5.74) is 2.60. The fourth-order valence-electron chi connectivity index (χ4n) is 2.96. The minimum atomic E-state index is -5.02. The zero-order chi connectivity index (χ0) is 21.2. The molecule has 0 radical (unpaired) electrons. The van der Waals surface area contributed by atoms with Gasteiger partial charge >= 0.3 is 12.1 Å². The van der Waals surface area contributed by atoms with E-state index in [-0.39, 0.29) is 6.73 Å². The number of halogens is 3. The van der Waals surface area contributed by atoms with Crippen LogP contribution in [-0.2, 0) is 27.6 Å². The first kappa shape index (κ1) is 20.6. The van der Waals surface area contributed by atoms with E-state index in [9.17, 15) is 18.0 Å². The van der Waals surface area contributed by atoms with Crippen LogP contribution in [0, 0.1) is 0 Å². The van der Waals surface area contributed by atoms with E-state index in [2.05, 4.69) is 14.7 Å². The van der Waals surface area contributed by atoms with E-state index in [0.29, 0.717) is 17.0 Å². The van der Waals surface area contributed by atoms with Crippen LogP contribution in [0.3, 0.4) is 0 Å².